The third-order valence-corrected chi connectivity index (χ3v) is 3.51. The summed E-state index contributed by atoms with van der Waals surface area (Å²) < 4.78 is 30.0. The molecule has 0 aromatic carbocycles. The number of rotatable bonds is 4. The monoisotopic (exact) mass is 294 g/mol. The molecule has 0 aliphatic carbocycles. The van der Waals surface area contributed by atoms with Crippen LogP contribution in [0.4, 0.5) is 4.79 Å². The van der Waals surface area contributed by atoms with E-state index in [2.05, 4.69) is 4.72 Å². The number of carbonyl (C=O) groups is 2. The molecule has 19 heavy (non-hydrogen) atoms. The van der Waals surface area contributed by atoms with Crippen LogP contribution in [0.2, 0.25) is 0 Å². The molecule has 0 bridgehead atoms. The van der Waals surface area contributed by atoms with Gasteiger partial charge in [0.1, 0.15) is 5.60 Å². The summed E-state index contributed by atoms with van der Waals surface area (Å²) in [6.45, 7) is 5.55. The second-order valence-electron chi connectivity index (χ2n) is 5.35. The highest BCUT2D eigenvalue weighted by molar-refractivity contribution is 7.90. The highest BCUT2D eigenvalue weighted by Crippen LogP contribution is 2.15. The molecule has 0 aromatic rings. The van der Waals surface area contributed by atoms with Gasteiger partial charge in [-0.1, -0.05) is 0 Å². The molecular weight excluding hydrogens is 276 g/mol. The molecule has 110 valence electrons. The molecule has 9 heteroatoms. The Morgan fingerprint density at radius 2 is 1.89 bits per heavy atom. The molecule has 8 nitrogen and oxygen atoms in total. The first-order chi connectivity index (χ1) is 8.48. The lowest BCUT2D eigenvalue weighted by molar-refractivity contribution is -0.134. The van der Waals surface area contributed by atoms with Crippen molar-refractivity contribution in [2.45, 2.75) is 32.4 Å². The highest BCUT2D eigenvalue weighted by Gasteiger charge is 2.36. The first-order valence-electron chi connectivity index (χ1n) is 5.68. The van der Waals surface area contributed by atoms with Crippen LogP contribution in [-0.2, 0) is 19.6 Å². The summed E-state index contributed by atoms with van der Waals surface area (Å²) in [7, 11) is -3.85. The number of sulfonamides is 1. The van der Waals surface area contributed by atoms with Crippen molar-refractivity contribution < 1.29 is 27.9 Å². The van der Waals surface area contributed by atoms with Gasteiger partial charge >= 0.3 is 12.1 Å². The van der Waals surface area contributed by atoms with Crippen LogP contribution < -0.4 is 4.72 Å². The molecule has 1 aliphatic rings. The zero-order valence-electron chi connectivity index (χ0n) is 11.0. The minimum absolute atomic E-state index is 0.174. The van der Waals surface area contributed by atoms with Crippen molar-refractivity contribution in [1.29, 1.82) is 0 Å². The molecule has 1 fully saturated rings. The highest BCUT2D eigenvalue weighted by atomic mass is 32.2. The number of nitrogens with zero attached hydrogens (tertiary/aromatic N) is 1. The second-order valence-corrected chi connectivity index (χ2v) is 7.11. The molecule has 0 aromatic heterocycles. The molecule has 0 atom stereocenters. The zero-order chi connectivity index (χ0) is 14.8. The van der Waals surface area contributed by atoms with Crippen molar-refractivity contribution in [3.63, 3.8) is 0 Å². The van der Waals surface area contributed by atoms with Crippen LogP contribution in [0.25, 0.3) is 0 Å². The molecule has 1 aliphatic heterocycles. The molecule has 1 saturated heterocycles. The van der Waals surface area contributed by atoms with Crippen LogP contribution in [0.3, 0.4) is 0 Å². The predicted octanol–water partition coefficient (Wildman–Crippen LogP) is -0.390. The molecule has 1 amide bonds. The Bertz CT molecular complexity index is 461. The minimum Gasteiger partial charge on any atom is -0.480 e. The van der Waals surface area contributed by atoms with Crippen molar-refractivity contribution in [2.75, 3.05) is 18.8 Å². The number of amides is 1. The van der Waals surface area contributed by atoms with Gasteiger partial charge in [-0.3, -0.25) is 4.79 Å². The van der Waals surface area contributed by atoms with Crippen LogP contribution in [0.1, 0.15) is 20.8 Å². The summed E-state index contributed by atoms with van der Waals surface area (Å²) >= 11 is 0. The number of ether oxygens (including phenoxy) is 1. The van der Waals surface area contributed by atoms with Crippen LogP contribution in [-0.4, -0.2) is 61.0 Å². The van der Waals surface area contributed by atoms with Gasteiger partial charge in [0.05, 0.1) is 6.04 Å². The van der Waals surface area contributed by atoms with E-state index in [0.717, 1.165) is 0 Å². The fourth-order valence-corrected chi connectivity index (χ4v) is 2.55. The molecule has 1 heterocycles. The summed E-state index contributed by atoms with van der Waals surface area (Å²) in [6.07, 6.45) is -0.513. The average Bonchev–Trinajstić information content (AvgIpc) is 2.04. The maximum atomic E-state index is 11.6. The Balaban J connectivity index is 2.38. The Kier molecular flexibility index (Phi) is 4.41. The van der Waals surface area contributed by atoms with Gasteiger partial charge in [-0.2, -0.15) is 0 Å². The van der Waals surface area contributed by atoms with Crippen molar-refractivity contribution in [3.8, 4) is 0 Å². The lowest BCUT2D eigenvalue weighted by Crippen LogP contribution is -2.61. The fourth-order valence-electron chi connectivity index (χ4n) is 1.49. The molecule has 0 spiro atoms. The van der Waals surface area contributed by atoms with Crippen LogP contribution in [0, 0.1) is 0 Å². The topological polar surface area (TPSA) is 113 Å². The van der Waals surface area contributed by atoms with E-state index >= 15 is 0 Å². The number of hydrogen-bond donors (Lipinski definition) is 2. The number of carboxylic acids is 1. The van der Waals surface area contributed by atoms with E-state index in [4.69, 9.17) is 9.84 Å². The summed E-state index contributed by atoms with van der Waals surface area (Å²) in [4.78, 5) is 23.2. The number of carbonyl (C=O) groups excluding carboxylic acids is 1. The molecular formula is C10H18N2O6S. The Morgan fingerprint density at radius 1 is 1.37 bits per heavy atom. The van der Waals surface area contributed by atoms with Crippen molar-refractivity contribution in [1.82, 2.24) is 9.62 Å². The first kappa shape index (κ1) is 15.7. The molecule has 0 unspecified atom stereocenters. The van der Waals surface area contributed by atoms with E-state index in [1.54, 1.807) is 20.8 Å². The van der Waals surface area contributed by atoms with Gasteiger partial charge in [0, 0.05) is 13.1 Å². The third kappa shape index (κ3) is 5.43. The Morgan fingerprint density at radius 3 is 2.32 bits per heavy atom. The van der Waals surface area contributed by atoms with Crippen molar-refractivity contribution in [3.05, 3.63) is 0 Å². The number of carboxylic acid groups (broad SMARTS) is 1. The van der Waals surface area contributed by atoms with Gasteiger partial charge in [-0.15, -0.1) is 0 Å². The summed E-state index contributed by atoms with van der Waals surface area (Å²) in [6, 6.07) is -0.461. The van der Waals surface area contributed by atoms with E-state index in [0.29, 0.717) is 0 Å². The van der Waals surface area contributed by atoms with E-state index in [9.17, 15) is 18.0 Å². The van der Waals surface area contributed by atoms with E-state index in [-0.39, 0.29) is 13.1 Å². The van der Waals surface area contributed by atoms with Gasteiger partial charge in [-0.05, 0) is 20.8 Å². The van der Waals surface area contributed by atoms with Gasteiger partial charge in [0.15, 0.2) is 5.75 Å². The van der Waals surface area contributed by atoms with Crippen LogP contribution >= 0.6 is 0 Å². The maximum absolute atomic E-state index is 11.6. The molecule has 0 radical (unpaired) electrons. The zero-order valence-corrected chi connectivity index (χ0v) is 11.9. The number of hydrogen-bond acceptors (Lipinski definition) is 5. The van der Waals surface area contributed by atoms with E-state index < -0.39 is 39.5 Å². The normalized spacial score (nSPS) is 16.9. The fraction of sp³-hybridized carbons (Fsp3) is 0.800. The number of aliphatic carboxylic acids is 1. The smallest absolute Gasteiger partial charge is 0.410 e. The van der Waals surface area contributed by atoms with Crippen LogP contribution in [0.5, 0.6) is 0 Å². The van der Waals surface area contributed by atoms with Gasteiger partial charge in [-0.25, -0.2) is 17.9 Å². The summed E-state index contributed by atoms with van der Waals surface area (Å²) in [5.74, 6) is -2.40. The Hall–Kier alpha value is -1.35. The molecule has 1 rings (SSSR count). The third-order valence-electron chi connectivity index (χ3n) is 2.19. The predicted molar refractivity (Wildman–Crippen MR) is 66.2 cm³/mol. The van der Waals surface area contributed by atoms with Crippen molar-refractivity contribution >= 4 is 22.1 Å². The lowest BCUT2D eigenvalue weighted by Gasteiger charge is -2.39. The van der Waals surface area contributed by atoms with Crippen LogP contribution in [0.15, 0.2) is 0 Å². The van der Waals surface area contributed by atoms with Crippen molar-refractivity contribution in [2.24, 2.45) is 0 Å². The summed E-state index contributed by atoms with van der Waals surface area (Å²) in [5, 5.41) is 8.42. The SMILES string of the molecule is CC(C)(C)OC(=O)N1CC(NS(=O)(=O)CC(=O)O)C1. The Labute approximate surface area is 111 Å². The van der Waals surface area contributed by atoms with E-state index in [1.807, 2.05) is 0 Å². The lowest BCUT2D eigenvalue weighted by atomic mass is 10.1. The second kappa shape index (κ2) is 5.33. The first-order valence-corrected chi connectivity index (χ1v) is 7.33. The molecule has 0 saturated carbocycles. The standard InChI is InChI=1S/C10H18N2O6S/c1-10(2,3)18-9(15)12-4-7(5-12)11-19(16,17)6-8(13)14/h7,11H,4-6H2,1-3H3,(H,13,14). The summed E-state index contributed by atoms with van der Waals surface area (Å²) in [5.41, 5.74) is -0.606. The average molecular weight is 294 g/mol. The largest absolute Gasteiger partial charge is 0.480 e. The number of likely N-dealkylation sites (tertiary alicyclic amines) is 1. The molecule has 2 N–H and O–H groups in total. The van der Waals surface area contributed by atoms with Gasteiger partial charge in [0.2, 0.25) is 10.0 Å². The number of nitrogens with one attached hydrogen (secondary N) is 1. The quantitative estimate of drug-likeness (QED) is 0.730. The van der Waals surface area contributed by atoms with Gasteiger partial charge < -0.3 is 14.7 Å². The van der Waals surface area contributed by atoms with E-state index in [1.165, 1.54) is 4.90 Å². The minimum atomic E-state index is -3.85. The maximum Gasteiger partial charge on any atom is 0.410 e. The van der Waals surface area contributed by atoms with Gasteiger partial charge in [0.25, 0.3) is 0 Å².